The van der Waals surface area contributed by atoms with E-state index in [0.29, 0.717) is 17.3 Å². The molecule has 3 aromatic heterocycles. The summed E-state index contributed by atoms with van der Waals surface area (Å²) in [6, 6.07) is 16.0. The third kappa shape index (κ3) is 6.45. The molecule has 10 nitrogen and oxygen atoms in total. The molecule has 0 bridgehead atoms. The third-order valence-electron chi connectivity index (χ3n) is 8.68. The highest BCUT2D eigenvalue weighted by Gasteiger charge is 2.58. The number of benzene rings is 2. The highest BCUT2D eigenvalue weighted by atomic mass is 19.3. The molecular weight excluding hydrogens is 628 g/mol. The summed E-state index contributed by atoms with van der Waals surface area (Å²) in [7, 11) is 0. The summed E-state index contributed by atoms with van der Waals surface area (Å²) in [5.41, 5.74) is -0.890. The summed E-state index contributed by atoms with van der Waals surface area (Å²) in [6.07, 6.45) is 3.46. The lowest BCUT2D eigenvalue weighted by atomic mass is 9.84. The second-order valence-electron chi connectivity index (χ2n) is 12.1. The van der Waals surface area contributed by atoms with E-state index in [-0.39, 0.29) is 5.92 Å². The van der Waals surface area contributed by atoms with E-state index in [9.17, 15) is 19.0 Å². The van der Waals surface area contributed by atoms with Crippen LogP contribution in [0.2, 0.25) is 0 Å². The summed E-state index contributed by atoms with van der Waals surface area (Å²) in [4.78, 5) is 12.9. The van der Waals surface area contributed by atoms with Crippen LogP contribution in [0.4, 0.5) is 28.9 Å². The van der Waals surface area contributed by atoms with Gasteiger partial charge in [0.2, 0.25) is 0 Å². The quantitative estimate of drug-likeness (QED) is 0.197. The molecule has 2 aromatic carbocycles. The zero-order valence-electron chi connectivity index (χ0n) is 26.3. The van der Waals surface area contributed by atoms with Crippen LogP contribution >= 0.6 is 0 Å². The number of tetrazole rings is 1. The van der Waals surface area contributed by atoms with Gasteiger partial charge in [-0.3, -0.25) is 9.97 Å². The second kappa shape index (κ2) is 13.3. The minimum absolute atomic E-state index is 0.0844. The summed E-state index contributed by atoms with van der Waals surface area (Å²) >= 11 is 0. The molecule has 0 radical (unpaired) electrons. The Bertz CT molecular complexity index is 1820. The summed E-state index contributed by atoms with van der Waals surface area (Å²) in [5.74, 6) is -6.39. The number of anilines is 2. The Kier molecular flexibility index (Phi) is 9.12. The molecule has 2 unspecified atom stereocenters. The van der Waals surface area contributed by atoms with Crippen LogP contribution in [0.25, 0.3) is 11.1 Å². The molecule has 1 aliphatic heterocycles. The van der Waals surface area contributed by atoms with Gasteiger partial charge in [-0.1, -0.05) is 32.0 Å². The van der Waals surface area contributed by atoms with Crippen molar-refractivity contribution in [3.8, 4) is 11.1 Å². The molecule has 2 atom stereocenters. The summed E-state index contributed by atoms with van der Waals surface area (Å²) < 4.78 is 61.4. The maximum Gasteiger partial charge on any atom is 0.323 e. The van der Waals surface area contributed by atoms with Crippen molar-refractivity contribution >= 4 is 11.4 Å². The van der Waals surface area contributed by atoms with Crippen molar-refractivity contribution in [2.45, 2.75) is 38.0 Å². The first-order valence-corrected chi connectivity index (χ1v) is 15.4. The van der Waals surface area contributed by atoms with Crippen LogP contribution in [0, 0.1) is 17.6 Å². The molecule has 1 saturated heterocycles. The molecule has 6 rings (SSSR count). The van der Waals surface area contributed by atoms with Crippen LogP contribution in [0.1, 0.15) is 36.9 Å². The van der Waals surface area contributed by atoms with E-state index in [4.69, 9.17) is 0 Å². The molecule has 1 fully saturated rings. The average molecular weight is 663 g/mol. The van der Waals surface area contributed by atoms with Crippen molar-refractivity contribution in [1.29, 1.82) is 0 Å². The second-order valence-corrected chi connectivity index (χ2v) is 12.1. The van der Waals surface area contributed by atoms with Crippen LogP contribution in [0.5, 0.6) is 0 Å². The van der Waals surface area contributed by atoms with Gasteiger partial charge in [0.1, 0.15) is 23.7 Å². The Balaban J connectivity index is 1.14. The van der Waals surface area contributed by atoms with Gasteiger partial charge < -0.3 is 20.0 Å². The zero-order valence-corrected chi connectivity index (χ0v) is 26.3. The predicted octanol–water partition coefficient (Wildman–Crippen LogP) is 5.10. The van der Waals surface area contributed by atoms with Gasteiger partial charge in [0.15, 0.2) is 5.60 Å². The van der Waals surface area contributed by atoms with Crippen LogP contribution in [0.3, 0.4) is 0 Å². The van der Waals surface area contributed by atoms with E-state index in [0.717, 1.165) is 72.3 Å². The minimum atomic E-state index is -4.14. The summed E-state index contributed by atoms with van der Waals surface area (Å²) in [5, 5.41) is 32.0. The Morgan fingerprint density at radius 1 is 0.812 bits per heavy atom. The lowest BCUT2D eigenvalue weighted by Gasteiger charge is -2.37. The van der Waals surface area contributed by atoms with Crippen LogP contribution in [-0.4, -0.2) is 66.6 Å². The fourth-order valence-corrected chi connectivity index (χ4v) is 5.82. The minimum Gasteiger partial charge on any atom is -0.387 e. The van der Waals surface area contributed by atoms with E-state index in [1.54, 1.807) is 6.20 Å². The third-order valence-corrected chi connectivity index (χ3v) is 8.68. The van der Waals surface area contributed by atoms with Gasteiger partial charge in [-0.2, -0.15) is 8.78 Å². The largest absolute Gasteiger partial charge is 0.387 e. The topological polar surface area (TPSA) is 116 Å². The fraction of sp³-hybridized carbons (Fsp3) is 0.324. The highest BCUT2D eigenvalue weighted by molar-refractivity contribution is 5.66. The zero-order chi connectivity index (χ0) is 34.1. The Hall–Kier alpha value is -4.95. The number of aliphatic hydroxyl groups excluding tert-OH is 1. The lowest BCUT2D eigenvalue weighted by Crippen LogP contribution is -2.48. The number of aliphatic hydroxyl groups is 2. The number of hydrogen-bond acceptors (Lipinski definition) is 9. The molecule has 5 aromatic rings. The molecule has 0 saturated carbocycles. The van der Waals surface area contributed by atoms with Crippen LogP contribution in [-0.2, 0) is 18.1 Å². The number of pyridine rings is 2. The van der Waals surface area contributed by atoms with Gasteiger partial charge in [-0.25, -0.2) is 13.5 Å². The number of piperazine rings is 1. The van der Waals surface area contributed by atoms with Gasteiger partial charge >= 0.3 is 5.92 Å². The highest BCUT2D eigenvalue weighted by Crippen LogP contribution is 2.47. The van der Waals surface area contributed by atoms with Crippen molar-refractivity contribution in [1.82, 2.24) is 30.2 Å². The molecule has 0 amide bonds. The molecule has 1 aliphatic rings. The molecule has 48 heavy (non-hydrogen) atoms. The van der Waals surface area contributed by atoms with Crippen molar-refractivity contribution in [3.05, 3.63) is 114 Å². The predicted molar refractivity (Wildman–Crippen MR) is 170 cm³/mol. The SMILES string of the molecule is CC(C)C(O)c1ccc(N2CCN(c3ccc(-c4ccc(C(F)(F)C(O)(Cn5cnnn5)c5ccc(F)cc5F)nc4)cc3)CC2)cn1. The van der Waals surface area contributed by atoms with E-state index in [1.165, 1.54) is 12.3 Å². The van der Waals surface area contributed by atoms with Crippen LogP contribution < -0.4 is 9.80 Å². The molecule has 4 heterocycles. The molecule has 250 valence electrons. The number of aromatic nitrogens is 6. The molecule has 14 heteroatoms. The Morgan fingerprint density at radius 3 is 2.04 bits per heavy atom. The van der Waals surface area contributed by atoms with Gasteiger partial charge in [0.25, 0.3) is 0 Å². The van der Waals surface area contributed by atoms with E-state index in [2.05, 4.69) is 35.3 Å². The fourth-order valence-electron chi connectivity index (χ4n) is 5.82. The van der Waals surface area contributed by atoms with Crippen molar-refractivity contribution in [2.75, 3.05) is 36.0 Å². The van der Waals surface area contributed by atoms with Gasteiger partial charge in [0, 0.05) is 55.3 Å². The first-order valence-electron chi connectivity index (χ1n) is 15.4. The first-order chi connectivity index (χ1) is 23.0. The number of hydrogen-bond donors (Lipinski definition) is 2. The van der Waals surface area contributed by atoms with Crippen molar-refractivity contribution in [3.63, 3.8) is 0 Å². The molecular formula is C34H34F4N8O2. The number of rotatable bonds is 10. The van der Waals surface area contributed by atoms with Gasteiger partial charge in [0.05, 0.1) is 30.2 Å². The van der Waals surface area contributed by atoms with E-state index < -0.39 is 47.1 Å². The van der Waals surface area contributed by atoms with E-state index in [1.807, 2.05) is 50.2 Å². The molecule has 0 spiro atoms. The first kappa shape index (κ1) is 33.0. The normalized spacial score (nSPS) is 15.9. The Morgan fingerprint density at radius 2 is 1.48 bits per heavy atom. The molecule has 0 aliphatic carbocycles. The number of nitrogens with zero attached hydrogens (tertiary/aromatic N) is 8. The van der Waals surface area contributed by atoms with E-state index >= 15 is 8.78 Å². The van der Waals surface area contributed by atoms with Gasteiger partial charge in [-0.05, 0) is 64.4 Å². The monoisotopic (exact) mass is 662 g/mol. The summed E-state index contributed by atoms with van der Waals surface area (Å²) in [6.45, 7) is 6.11. The lowest BCUT2D eigenvalue weighted by molar-refractivity contribution is -0.207. The smallest absolute Gasteiger partial charge is 0.323 e. The van der Waals surface area contributed by atoms with Crippen molar-refractivity contribution in [2.24, 2.45) is 5.92 Å². The maximum atomic E-state index is 16.1. The Labute approximate surface area is 274 Å². The average Bonchev–Trinajstić information content (AvgIpc) is 3.61. The van der Waals surface area contributed by atoms with Crippen LogP contribution in [0.15, 0.2) is 85.5 Å². The van der Waals surface area contributed by atoms with Crippen molar-refractivity contribution < 1.29 is 27.8 Å². The number of halogens is 4. The number of alkyl halides is 2. The maximum absolute atomic E-state index is 16.1. The molecule has 2 N–H and O–H groups in total. The van der Waals surface area contributed by atoms with Gasteiger partial charge in [-0.15, -0.1) is 5.10 Å². The standard InChI is InChI=1S/C34H34F4N8O2/c1-22(2)32(47)30-11-9-27(19-39-30)45-15-13-44(14-16-45)26-7-3-23(4-8-26)24-5-12-31(40-18-24)34(37,38)33(48,20-46-21-41-42-43-46)28-10-6-25(35)17-29(28)36/h3-12,17-19,21-22,32,47-48H,13-16,20H2,1-2H3.